The Morgan fingerprint density at radius 3 is 2.57 bits per heavy atom. The van der Waals surface area contributed by atoms with Gasteiger partial charge in [0, 0.05) is 17.0 Å². The molecule has 1 amide bonds. The average molecular weight is 431 g/mol. The van der Waals surface area contributed by atoms with Crippen LogP contribution in [0.1, 0.15) is 77.2 Å². The van der Waals surface area contributed by atoms with E-state index in [1.165, 1.54) is 22.2 Å². The van der Waals surface area contributed by atoms with Gasteiger partial charge in [-0.2, -0.15) is 0 Å². The van der Waals surface area contributed by atoms with Crippen LogP contribution in [-0.4, -0.2) is 33.7 Å². The van der Waals surface area contributed by atoms with Crippen molar-refractivity contribution in [3.8, 4) is 0 Å². The van der Waals surface area contributed by atoms with Gasteiger partial charge in [0.15, 0.2) is 0 Å². The Bertz CT molecular complexity index is 923. The van der Waals surface area contributed by atoms with Crippen molar-refractivity contribution in [3.05, 3.63) is 16.8 Å². The number of nitrogens with one attached hydrogen (secondary N) is 2. The molecule has 30 heavy (non-hydrogen) atoms. The fraction of sp³-hybridized carbons (Fsp3) is 0.696. The number of carbonyl (C=O) groups excluding carboxylic acids is 1. The van der Waals surface area contributed by atoms with E-state index in [9.17, 15) is 4.79 Å². The highest BCUT2D eigenvalue weighted by Gasteiger charge is 2.31. The zero-order valence-electron chi connectivity index (χ0n) is 18.8. The lowest BCUT2D eigenvalue weighted by Crippen LogP contribution is -2.42. The first-order chi connectivity index (χ1) is 14.1. The minimum absolute atomic E-state index is 0.179. The van der Waals surface area contributed by atoms with Crippen molar-refractivity contribution in [2.75, 3.05) is 5.32 Å². The van der Waals surface area contributed by atoms with E-state index in [1.807, 2.05) is 32.1 Å². The van der Waals surface area contributed by atoms with Gasteiger partial charge in [-0.3, -0.25) is 0 Å². The van der Waals surface area contributed by atoms with Gasteiger partial charge in [-0.1, -0.05) is 13.8 Å². The summed E-state index contributed by atoms with van der Waals surface area (Å²) in [5.74, 6) is 0.985. The number of ether oxygens (including phenoxy) is 1. The molecule has 0 atom stereocenters. The number of thiophene rings is 1. The van der Waals surface area contributed by atoms with Crippen LogP contribution in [0.5, 0.6) is 0 Å². The summed E-state index contributed by atoms with van der Waals surface area (Å²) < 4.78 is 5.39. The lowest BCUT2D eigenvalue weighted by Gasteiger charge is -2.31. The second-order valence-electron chi connectivity index (χ2n) is 10.6. The zero-order valence-corrected chi connectivity index (χ0v) is 19.6. The zero-order chi connectivity index (χ0) is 21.5. The lowest BCUT2D eigenvalue weighted by atomic mass is 9.76. The maximum Gasteiger partial charge on any atom is 0.407 e. The van der Waals surface area contributed by atoms with Gasteiger partial charge in [-0.15, -0.1) is 11.3 Å². The molecular formula is C23H34N4O2S. The Balaban J connectivity index is 1.41. The standard InChI is InChI=1S/C23H34N4O2S/c1-22(2,3)29-21(28)27-15-8-6-14(7-9-15)26-19-18-16-12-23(4,5)11-10-17(16)30-20(18)25-13-24-19/h13-15H,6-12H2,1-5H3,(H,27,28)(H,24,25,26). The third kappa shape index (κ3) is 4.88. The van der Waals surface area contributed by atoms with Crippen LogP contribution >= 0.6 is 11.3 Å². The van der Waals surface area contributed by atoms with Crippen molar-refractivity contribution in [1.82, 2.24) is 15.3 Å². The van der Waals surface area contributed by atoms with Gasteiger partial charge in [0.25, 0.3) is 0 Å². The van der Waals surface area contributed by atoms with Gasteiger partial charge >= 0.3 is 6.09 Å². The first-order valence-corrected chi connectivity index (χ1v) is 11.9. The predicted octanol–water partition coefficient (Wildman–Crippen LogP) is 5.45. The maximum absolute atomic E-state index is 12.0. The van der Waals surface area contributed by atoms with E-state index < -0.39 is 5.60 Å². The van der Waals surface area contributed by atoms with Crippen LogP contribution in [-0.2, 0) is 17.6 Å². The van der Waals surface area contributed by atoms with Gasteiger partial charge in [0.05, 0.1) is 5.39 Å². The fourth-order valence-electron chi connectivity index (χ4n) is 4.60. The molecule has 1 saturated carbocycles. The maximum atomic E-state index is 12.0. The summed E-state index contributed by atoms with van der Waals surface area (Å²) in [5, 5.41) is 7.97. The van der Waals surface area contributed by atoms with Crippen LogP contribution in [0.4, 0.5) is 10.6 Å². The summed E-state index contributed by atoms with van der Waals surface area (Å²) >= 11 is 1.84. The SMILES string of the molecule is CC1(C)CCc2sc3ncnc(NC4CCC(NC(=O)OC(C)(C)C)CC4)c3c2C1. The highest BCUT2D eigenvalue weighted by molar-refractivity contribution is 7.19. The Morgan fingerprint density at radius 2 is 1.87 bits per heavy atom. The molecule has 0 aliphatic heterocycles. The van der Waals surface area contributed by atoms with Crippen molar-refractivity contribution in [2.45, 2.75) is 97.2 Å². The number of aromatic nitrogens is 2. The van der Waals surface area contributed by atoms with Crippen LogP contribution < -0.4 is 10.6 Å². The van der Waals surface area contributed by atoms with Crippen LogP contribution in [0, 0.1) is 5.41 Å². The number of fused-ring (bicyclic) bond motifs is 3. The molecule has 0 bridgehead atoms. The molecule has 164 valence electrons. The number of rotatable bonds is 3. The lowest BCUT2D eigenvalue weighted by molar-refractivity contribution is 0.0492. The van der Waals surface area contributed by atoms with E-state index >= 15 is 0 Å². The number of anilines is 1. The quantitative estimate of drug-likeness (QED) is 0.677. The molecule has 0 unspecified atom stereocenters. The number of amides is 1. The van der Waals surface area contributed by atoms with Crippen molar-refractivity contribution >= 4 is 33.5 Å². The smallest absolute Gasteiger partial charge is 0.407 e. The van der Waals surface area contributed by atoms with E-state index in [0.29, 0.717) is 11.5 Å². The molecular weight excluding hydrogens is 396 g/mol. The topological polar surface area (TPSA) is 76.1 Å². The average Bonchev–Trinajstić information content (AvgIpc) is 2.99. The number of alkyl carbamates (subject to hydrolysis) is 1. The van der Waals surface area contributed by atoms with Crippen molar-refractivity contribution < 1.29 is 9.53 Å². The Morgan fingerprint density at radius 1 is 1.17 bits per heavy atom. The monoisotopic (exact) mass is 430 g/mol. The van der Waals surface area contributed by atoms with Crippen LogP contribution in [0.3, 0.4) is 0 Å². The summed E-state index contributed by atoms with van der Waals surface area (Å²) in [6.45, 7) is 10.4. The predicted molar refractivity (Wildman–Crippen MR) is 122 cm³/mol. The summed E-state index contributed by atoms with van der Waals surface area (Å²) in [5.41, 5.74) is 1.32. The highest BCUT2D eigenvalue weighted by Crippen LogP contribution is 2.44. The molecule has 0 aromatic carbocycles. The molecule has 6 nitrogen and oxygen atoms in total. The molecule has 7 heteroatoms. The van der Waals surface area contributed by atoms with E-state index in [-0.39, 0.29) is 12.1 Å². The minimum Gasteiger partial charge on any atom is -0.444 e. The van der Waals surface area contributed by atoms with Crippen molar-refractivity contribution in [1.29, 1.82) is 0 Å². The molecule has 2 aliphatic rings. The third-order valence-corrected chi connectivity index (χ3v) is 7.34. The molecule has 0 radical (unpaired) electrons. The first kappa shape index (κ1) is 21.3. The second-order valence-corrected chi connectivity index (χ2v) is 11.7. The van der Waals surface area contributed by atoms with Crippen LogP contribution in [0.15, 0.2) is 6.33 Å². The van der Waals surface area contributed by atoms with Crippen molar-refractivity contribution in [3.63, 3.8) is 0 Å². The summed E-state index contributed by atoms with van der Waals surface area (Å²) in [6, 6.07) is 0.546. The number of hydrogen-bond donors (Lipinski definition) is 2. The van der Waals surface area contributed by atoms with Gasteiger partial charge < -0.3 is 15.4 Å². The van der Waals surface area contributed by atoms with Gasteiger partial charge in [-0.25, -0.2) is 14.8 Å². The van der Waals surface area contributed by atoms with Gasteiger partial charge in [0.2, 0.25) is 0 Å². The number of hydrogen-bond acceptors (Lipinski definition) is 6. The summed E-state index contributed by atoms with van der Waals surface area (Å²) in [6.07, 6.45) is 8.74. The molecule has 2 aromatic rings. The molecule has 1 fully saturated rings. The Kier molecular flexibility index (Phi) is 5.68. The van der Waals surface area contributed by atoms with Crippen LogP contribution in [0.2, 0.25) is 0 Å². The Labute approximate surface area is 183 Å². The number of aryl methyl sites for hydroxylation is 1. The molecule has 0 spiro atoms. The van der Waals surface area contributed by atoms with E-state index in [0.717, 1.165) is 49.2 Å². The minimum atomic E-state index is -0.463. The second kappa shape index (κ2) is 7.98. The van der Waals surface area contributed by atoms with Crippen molar-refractivity contribution in [2.24, 2.45) is 5.41 Å². The molecule has 4 rings (SSSR count). The summed E-state index contributed by atoms with van der Waals surface area (Å²) in [4.78, 5) is 23.8. The van der Waals surface area contributed by atoms with E-state index in [1.54, 1.807) is 6.33 Å². The highest BCUT2D eigenvalue weighted by atomic mass is 32.1. The first-order valence-electron chi connectivity index (χ1n) is 11.1. The van der Waals surface area contributed by atoms with Gasteiger partial charge in [0.1, 0.15) is 22.6 Å². The molecule has 2 N–H and O–H groups in total. The number of nitrogens with zero attached hydrogens (tertiary/aromatic N) is 2. The third-order valence-electron chi connectivity index (χ3n) is 6.14. The Hall–Kier alpha value is -1.89. The largest absolute Gasteiger partial charge is 0.444 e. The van der Waals surface area contributed by atoms with Crippen LogP contribution in [0.25, 0.3) is 10.2 Å². The number of carbonyl (C=O) groups is 1. The van der Waals surface area contributed by atoms with E-state index in [4.69, 9.17) is 4.74 Å². The normalized spacial score (nSPS) is 23.6. The summed E-state index contributed by atoms with van der Waals surface area (Å²) in [7, 11) is 0. The molecule has 0 saturated heterocycles. The molecule has 2 aromatic heterocycles. The molecule has 2 heterocycles. The van der Waals surface area contributed by atoms with Gasteiger partial charge in [-0.05, 0) is 76.7 Å². The molecule has 2 aliphatic carbocycles. The fourth-order valence-corrected chi connectivity index (χ4v) is 5.76. The van der Waals surface area contributed by atoms with E-state index in [2.05, 4.69) is 34.4 Å².